The summed E-state index contributed by atoms with van der Waals surface area (Å²) in [5.41, 5.74) is 1.42. The number of thiazole rings is 1. The molecule has 20 heavy (non-hydrogen) atoms. The molecule has 1 aliphatic heterocycles. The van der Waals surface area contributed by atoms with Gasteiger partial charge in [-0.1, -0.05) is 30.3 Å². The highest BCUT2D eigenvalue weighted by molar-refractivity contribution is 7.09. The van der Waals surface area contributed by atoms with Crippen molar-refractivity contribution >= 4 is 11.3 Å². The van der Waals surface area contributed by atoms with E-state index < -0.39 is 0 Å². The van der Waals surface area contributed by atoms with E-state index in [0.717, 1.165) is 39.0 Å². The monoisotopic (exact) mass is 287 g/mol. The van der Waals surface area contributed by atoms with Gasteiger partial charge in [0.05, 0.1) is 5.01 Å². The van der Waals surface area contributed by atoms with Crippen molar-refractivity contribution in [1.82, 2.24) is 15.2 Å². The Labute approximate surface area is 124 Å². The maximum absolute atomic E-state index is 4.36. The van der Waals surface area contributed by atoms with Crippen molar-refractivity contribution in [2.75, 3.05) is 26.2 Å². The Kier molecular flexibility index (Phi) is 4.79. The average Bonchev–Trinajstić information content (AvgIpc) is 3.00. The Bertz CT molecular complexity index is 498. The summed E-state index contributed by atoms with van der Waals surface area (Å²) in [5.74, 6) is 0. The molecule has 1 N–H and O–H groups in total. The molecule has 0 bridgehead atoms. The van der Waals surface area contributed by atoms with Crippen LogP contribution in [0.3, 0.4) is 0 Å². The fourth-order valence-corrected chi connectivity index (χ4v) is 3.37. The second-order valence-electron chi connectivity index (χ2n) is 5.32. The summed E-state index contributed by atoms with van der Waals surface area (Å²) in [7, 11) is 0. The van der Waals surface area contributed by atoms with E-state index in [1.165, 1.54) is 10.6 Å². The Balaban J connectivity index is 1.49. The van der Waals surface area contributed by atoms with Crippen LogP contribution in [0.5, 0.6) is 0 Å². The van der Waals surface area contributed by atoms with Crippen LogP contribution in [0.25, 0.3) is 0 Å². The number of nitrogens with zero attached hydrogens (tertiary/aromatic N) is 2. The Morgan fingerprint density at radius 3 is 3.00 bits per heavy atom. The van der Waals surface area contributed by atoms with Gasteiger partial charge in [0.2, 0.25) is 0 Å². The highest BCUT2D eigenvalue weighted by Crippen LogP contribution is 2.10. The van der Waals surface area contributed by atoms with Crippen LogP contribution in [0.4, 0.5) is 0 Å². The zero-order valence-electron chi connectivity index (χ0n) is 11.7. The smallest absolute Gasteiger partial charge is 0.0937 e. The molecule has 1 unspecified atom stereocenters. The van der Waals surface area contributed by atoms with Crippen molar-refractivity contribution in [1.29, 1.82) is 0 Å². The molecule has 1 atom stereocenters. The molecule has 1 aliphatic rings. The normalized spacial score (nSPS) is 20.1. The van der Waals surface area contributed by atoms with Crippen LogP contribution in [0.15, 0.2) is 41.9 Å². The van der Waals surface area contributed by atoms with E-state index in [4.69, 9.17) is 0 Å². The van der Waals surface area contributed by atoms with Crippen molar-refractivity contribution < 1.29 is 0 Å². The molecule has 0 saturated carbocycles. The van der Waals surface area contributed by atoms with Crippen LogP contribution in [-0.4, -0.2) is 42.1 Å². The van der Waals surface area contributed by atoms with Gasteiger partial charge in [0.25, 0.3) is 0 Å². The van der Waals surface area contributed by atoms with Crippen LogP contribution < -0.4 is 5.32 Å². The number of hydrogen-bond donors (Lipinski definition) is 1. The second kappa shape index (κ2) is 6.97. The van der Waals surface area contributed by atoms with Crippen LogP contribution in [0.2, 0.25) is 0 Å². The molecular formula is C16H21N3S. The van der Waals surface area contributed by atoms with Crippen molar-refractivity contribution in [3.8, 4) is 0 Å². The Morgan fingerprint density at radius 1 is 1.30 bits per heavy atom. The molecule has 1 aromatic heterocycles. The van der Waals surface area contributed by atoms with E-state index in [9.17, 15) is 0 Å². The maximum Gasteiger partial charge on any atom is 0.0937 e. The van der Waals surface area contributed by atoms with Gasteiger partial charge in [0.1, 0.15) is 0 Å². The lowest BCUT2D eigenvalue weighted by molar-refractivity contribution is 0.201. The molecule has 4 heteroatoms. The topological polar surface area (TPSA) is 28.2 Å². The Hall–Kier alpha value is -1.23. The van der Waals surface area contributed by atoms with E-state index in [1.807, 2.05) is 6.20 Å². The van der Waals surface area contributed by atoms with E-state index >= 15 is 0 Å². The first-order valence-corrected chi connectivity index (χ1v) is 8.16. The molecule has 2 heterocycles. The minimum atomic E-state index is 0.572. The van der Waals surface area contributed by atoms with Gasteiger partial charge in [-0.05, 0) is 12.0 Å². The van der Waals surface area contributed by atoms with Crippen LogP contribution in [0.1, 0.15) is 10.6 Å². The van der Waals surface area contributed by atoms with Gasteiger partial charge in [-0.3, -0.25) is 0 Å². The highest BCUT2D eigenvalue weighted by atomic mass is 32.1. The molecule has 0 aliphatic carbocycles. The zero-order valence-corrected chi connectivity index (χ0v) is 12.5. The quantitative estimate of drug-likeness (QED) is 0.914. The molecular weight excluding hydrogens is 266 g/mol. The molecule has 1 aromatic carbocycles. The number of benzene rings is 1. The summed E-state index contributed by atoms with van der Waals surface area (Å²) in [6.07, 6.45) is 4.10. The van der Waals surface area contributed by atoms with Crippen molar-refractivity contribution in [2.45, 2.75) is 18.9 Å². The lowest BCUT2D eigenvalue weighted by Gasteiger charge is -2.33. The van der Waals surface area contributed by atoms with Crippen molar-refractivity contribution in [3.05, 3.63) is 52.5 Å². The van der Waals surface area contributed by atoms with Crippen LogP contribution in [0, 0.1) is 0 Å². The SMILES string of the molecule is c1ccc(CC2CN(CCc3nccs3)CCN2)cc1. The molecule has 106 valence electrons. The number of aromatic nitrogens is 1. The number of nitrogens with one attached hydrogen (secondary N) is 1. The highest BCUT2D eigenvalue weighted by Gasteiger charge is 2.19. The molecule has 0 radical (unpaired) electrons. The lowest BCUT2D eigenvalue weighted by Crippen LogP contribution is -2.51. The molecule has 1 saturated heterocycles. The number of rotatable bonds is 5. The van der Waals surface area contributed by atoms with Gasteiger partial charge in [-0.2, -0.15) is 0 Å². The minimum Gasteiger partial charge on any atom is -0.311 e. The first kappa shape index (κ1) is 13.7. The predicted molar refractivity (Wildman–Crippen MR) is 84.2 cm³/mol. The van der Waals surface area contributed by atoms with Crippen molar-refractivity contribution in [3.63, 3.8) is 0 Å². The van der Waals surface area contributed by atoms with Gasteiger partial charge in [-0.15, -0.1) is 11.3 Å². The summed E-state index contributed by atoms with van der Waals surface area (Å²) in [4.78, 5) is 6.92. The molecule has 2 aromatic rings. The third-order valence-corrected chi connectivity index (χ3v) is 4.63. The largest absolute Gasteiger partial charge is 0.311 e. The molecule has 3 nitrogen and oxygen atoms in total. The Morgan fingerprint density at radius 2 is 2.20 bits per heavy atom. The first-order chi connectivity index (χ1) is 9.90. The second-order valence-corrected chi connectivity index (χ2v) is 6.30. The molecule has 0 spiro atoms. The van der Waals surface area contributed by atoms with Gasteiger partial charge in [0.15, 0.2) is 0 Å². The zero-order chi connectivity index (χ0) is 13.6. The summed E-state index contributed by atoms with van der Waals surface area (Å²) >= 11 is 1.76. The first-order valence-electron chi connectivity index (χ1n) is 7.28. The van der Waals surface area contributed by atoms with E-state index in [1.54, 1.807) is 11.3 Å². The summed E-state index contributed by atoms with van der Waals surface area (Å²) in [6.45, 7) is 4.51. The van der Waals surface area contributed by atoms with Gasteiger partial charge < -0.3 is 10.2 Å². The predicted octanol–water partition coefficient (Wildman–Crippen LogP) is 2.20. The third-order valence-electron chi connectivity index (χ3n) is 3.79. The molecule has 1 fully saturated rings. The van der Waals surface area contributed by atoms with Gasteiger partial charge in [-0.25, -0.2) is 4.98 Å². The maximum atomic E-state index is 4.36. The van der Waals surface area contributed by atoms with E-state index in [-0.39, 0.29) is 0 Å². The lowest BCUT2D eigenvalue weighted by atomic mass is 10.0. The van der Waals surface area contributed by atoms with E-state index in [0.29, 0.717) is 6.04 Å². The van der Waals surface area contributed by atoms with Gasteiger partial charge in [0, 0.05) is 50.2 Å². The van der Waals surface area contributed by atoms with Crippen LogP contribution >= 0.6 is 11.3 Å². The summed E-state index contributed by atoms with van der Waals surface area (Å²) in [6, 6.07) is 11.3. The third kappa shape index (κ3) is 3.88. The fourth-order valence-electron chi connectivity index (χ4n) is 2.76. The van der Waals surface area contributed by atoms with Gasteiger partial charge >= 0.3 is 0 Å². The summed E-state index contributed by atoms with van der Waals surface area (Å²) in [5, 5.41) is 6.95. The number of piperazine rings is 1. The minimum absolute atomic E-state index is 0.572. The number of hydrogen-bond acceptors (Lipinski definition) is 4. The standard InChI is InChI=1S/C16H21N3S/c1-2-4-14(5-3-1)12-15-13-19(10-7-17-15)9-6-16-18-8-11-20-16/h1-5,8,11,15,17H,6-7,9-10,12-13H2. The molecule has 3 rings (SSSR count). The summed E-state index contributed by atoms with van der Waals surface area (Å²) < 4.78 is 0. The average molecular weight is 287 g/mol. The molecule has 0 amide bonds. The van der Waals surface area contributed by atoms with Crippen LogP contribution in [-0.2, 0) is 12.8 Å². The fraction of sp³-hybridized carbons (Fsp3) is 0.438. The van der Waals surface area contributed by atoms with E-state index in [2.05, 4.69) is 50.9 Å². The van der Waals surface area contributed by atoms with Crippen molar-refractivity contribution in [2.24, 2.45) is 0 Å².